The average molecular weight is 543 g/mol. The first-order chi connectivity index (χ1) is 18.1. The van der Waals surface area contributed by atoms with Crippen LogP contribution < -0.4 is 0 Å². The van der Waals surface area contributed by atoms with Crippen LogP contribution in [0.25, 0.3) is 11.0 Å². The minimum atomic E-state index is -3.91. The molecule has 2 heterocycles. The molecule has 1 amide bonds. The number of carbonyl (C=O) groups is 1. The molecular formula is C29H32F2N2O4S. The van der Waals surface area contributed by atoms with Gasteiger partial charge < -0.3 is 9.32 Å². The lowest BCUT2D eigenvalue weighted by molar-refractivity contribution is -0.143. The lowest BCUT2D eigenvalue weighted by atomic mass is 9.89. The number of furan rings is 1. The number of hydrogen-bond acceptors (Lipinski definition) is 4. The number of carbonyl (C=O) groups excluding carboxylic acids is 1. The Morgan fingerprint density at radius 2 is 1.79 bits per heavy atom. The number of amides is 1. The number of aryl methyl sites for hydroxylation is 1. The molecule has 3 aliphatic rings. The maximum absolute atomic E-state index is 14.4. The van der Waals surface area contributed by atoms with Gasteiger partial charge in [-0.05, 0) is 74.8 Å². The Morgan fingerprint density at radius 1 is 1.05 bits per heavy atom. The van der Waals surface area contributed by atoms with Gasteiger partial charge in [0.2, 0.25) is 21.9 Å². The van der Waals surface area contributed by atoms with Crippen LogP contribution in [0.3, 0.4) is 0 Å². The van der Waals surface area contributed by atoms with E-state index in [0.717, 1.165) is 29.4 Å². The Hall–Kier alpha value is -2.78. The van der Waals surface area contributed by atoms with Gasteiger partial charge in [-0.1, -0.05) is 29.8 Å². The molecule has 9 heteroatoms. The zero-order valence-electron chi connectivity index (χ0n) is 21.4. The number of rotatable bonds is 6. The van der Waals surface area contributed by atoms with E-state index >= 15 is 0 Å². The van der Waals surface area contributed by atoms with Gasteiger partial charge in [-0.3, -0.25) is 4.79 Å². The number of halogens is 2. The van der Waals surface area contributed by atoms with Crippen molar-refractivity contribution in [2.75, 3.05) is 0 Å². The average Bonchev–Trinajstić information content (AvgIpc) is 3.63. The van der Waals surface area contributed by atoms with E-state index in [1.165, 1.54) is 4.31 Å². The summed E-state index contributed by atoms with van der Waals surface area (Å²) in [7, 11) is -3.91. The number of sulfonamides is 1. The summed E-state index contributed by atoms with van der Waals surface area (Å²) in [6.45, 7) is 2.12. The van der Waals surface area contributed by atoms with Crippen molar-refractivity contribution in [2.24, 2.45) is 5.92 Å². The highest BCUT2D eigenvalue weighted by Crippen LogP contribution is 2.47. The molecule has 1 aromatic heterocycles. The molecule has 0 N–H and O–H groups in total. The van der Waals surface area contributed by atoms with Crippen LogP contribution in [0.5, 0.6) is 0 Å². The zero-order chi connectivity index (χ0) is 26.7. The van der Waals surface area contributed by atoms with Crippen molar-refractivity contribution in [2.45, 2.75) is 87.4 Å². The van der Waals surface area contributed by atoms with Gasteiger partial charge in [0.15, 0.2) is 0 Å². The predicted octanol–water partition coefficient (Wildman–Crippen LogP) is 5.89. The third kappa shape index (κ3) is 4.53. The molecule has 38 heavy (non-hydrogen) atoms. The Bertz CT molecular complexity index is 1440. The molecule has 2 saturated carbocycles. The lowest BCUT2D eigenvalue weighted by Crippen LogP contribution is -2.56. The number of benzene rings is 2. The van der Waals surface area contributed by atoms with Gasteiger partial charge in [0.25, 0.3) is 0 Å². The molecule has 3 aromatic rings. The number of fused-ring (bicyclic) bond motifs is 3. The number of piperidine rings is 1. The maximum Gasteiger partial charge on any atom is 0.248 e. The van der Waals surface area contributed by atoms with Crippen LogP contribution in [0.15, 0.2) is 64.1 Å². The highest BCUT2D eigenvalue weighted by molar-refractivity contribution is 7.89. The summed E-state index contributed by atoms with van der Waals surface area (Å²) in [5.74, 6) is -3.08. The molecule has 2 aromatic carbocycles. The van der Waals surface area contributed by atoms with Gasteiger partial charge in [0.05, 0.1) is 11.2 Å². The minimum Gasteiger partial charge on any atom is -0.464 e. The molecule has 0 unspecified atom stereocenters. The molecular weight excluding hydrogens is 510 g/mol. The molecule has 2 aliphatic carbocycles. The normalized spacial score (nSPS) is 25.7. The third-order valence-corrected chi connectivity index (χ3v) is 10.6. The van der Waals surface area contributed by atoms with Crippen molar-refractivity contribution in [3.05, 3.63) is 65.9 Å². The summed E-state index contributed by atoms with van der Waals surface area (Å²) in [4.78, 5) is 16.2. The number of alkyl halides is 2. The molecule has 0 radical (unpaired) electrons. The summed E-state index contributed by atoms with van der Waals surface area (Å²) in [6, 6.07) is 12.8. The largest absolute Gasteiger partial charge is 0.464 e. The van der Waals surface area contributed by atoms with Gasteiger partial charge in [-0.2, -0.15) is 4.31 Å². The first-order valence-corrected chi connectivity index (χ1v) is 14.8. The van der Waals surface area contributed by atoms with Gasteiger partial charge in [-0.15, -0.1) is 0 Å². The van der Waals surface area contributed by atoms with Crippen LogP contribution in [-0.2, 0) is 21.4 Å². The van der Waals surface area contributed by atoms with Gasteiger partial charge >= 0.3 is 0 Å². The molecule has 3 atom stereocenters. The summed E-state index contributed by atoms with van der Waals surface area (Å²) in [6.07, 6.45) is 3.59. The molecule has 1 saturated heterocycles. The van der Waals surface area contributed by atoms with E-state index in [4.69, 9.17) is 4.42 Å². The first kappa shape index (κ1) is 25.5. The monoisotopic (exact) mass is 542 g/mol. The first-order valence-electron chi connectivity index (χ1n) is 13.4. The van der Waals surface area contributed by atoms with E-state index < -0.39 is 22.0 Å². The highest BCUT2D eigenvalue weighted by Gasteiger charge is 2.56. The second-order valence-electron chi connectivity index (χ2n) is 11.2. The van der Waals surface area contributed by atoms with Crippen LogP contribution in [-0.4, -0.2) is 47.6 Å². The molecule has 6 rings (SSSR count). The topological polar surface area (TPSA) is 70.8 Å². The summed E-state index contributed by atoms with van der Waals surface area (Å²) in [5.41, 5.74) is 2.47. The SMILES string of the molecule is Cc1ccc(S(=O)(=O)N2[C@@H]3CC[C@@H](C3)[C@H]2C(=O)N(Cc2ccc3ccoc3c2)C2CCC(F)(F)CC2)cc1. The Morgan fingerprint density at radius 3 is 2.53 bits per heavy atom. The van der Waals surface area contributed by atoms with Crippen molar-refractivity contribution in [1.82, 2.24) is 9.21 Å². The van der Waals surface area contributed by atoms with Crippen molar-refractivity contribution in [3.8, 4) is 0 Å². The van der Waals surface area contributed by atoms with E-state index in [2.05, 4.69) is 0 Å². The molecule has 6 nitrogen and oxygen atoms in total. The predicted molar refractivity (Wildman–Crippen MR) is 139 cm³/mol. The van der Waals surface area contributed by atoms with Gasteiger partial charge in [0.1, 0.15) is 11.6 Å². The maximum atomic E-state index is 14.4. The lowest BCUT2D eigenvalue weighted by Gasteiger charge is -2.41. The Kier molecular flexibility index (Phi) is 6.34. The van der Waals surface area contributed by atoms with Crippen LogP contribution in [0.2, 0.25) is 0 Å². The standard InChI is InChI=1S/C29H32F2N2O4S/c1-19-2-8-25(9-3-19)38(35,36)33-24-7-6-22(17-24)27(33)28(34)32(23-10-13-29(30,31)14-11-23)18-20-4-5-21-12-15-37-26(21)16-20/h2-5,8-9,12,15-16,22-24,27H,6-7,10-11,13-14,17-18H2,1H3/t22-,24+,27-/m0/s1. The molecule has 1 aliphatic heterocycles. The molecule has 0 spiro atoms. The van der Waals surface area contributed by atoms with E-state index in [-0.39, 0.29) is 61.0 Å². The Balaban J connectivity index is 1.35. The van der Waals surface area contributed by atoms with Crippen molar-refractivity contribution in [3.63, 3.8) is 0 Å². The van der Waals surface area contributed by atoms with Gasteiger partial charge in [-0.25, -0.2) is 17.2 Å². The molecule has 3 fully saturated rings. The van der Waals surface area contributed by atoms with Crippen LogP contribution in [0, 0.1) is 12.8 Å². The van der Waals surface area contributed by atoms with E-state index in [9.17, 15) is 22.0 Å². The quantitative estimate of drug-likeness (QED) is 0.390. The van der Waals surface area contributed by atoms with Crippen molar-refractivity contribution >= 4 is 26.9 Å². The summed E-state index contributed by atoms with van der Waals surface area (Å²) < 4.78 is 62.8. The molecule has 202 valence electrons. The fourth-order valence-electron chi connectivity index (χ4n) is 6.62. The number of nitrogens with zero attached hydrogens (tertiary/aromatic N) is 2. The fourth-order valence-corrected chi connectivity index (χ4v) is 8.49. The van der Waals surface area contributed by atoms with E-state index in [1.54, 1.807) is 35.4 Å². The van der Waals surface area contributed by atoms with Crippen molar-refractivity contribution in [1.29, 1.82) is 0 Å². The fraction of sp³-hybridized carbons (Fsp3) is 0.483. The third-order valence-electron chi connectivity index (χ3n) is 8.66. The highest BCUT2D eigenvalue weighted by atomic mass is 32.2. The van der Waals surface area contributed by atoms with Crippen LogP contribution >= 0.6 is 0 Å². The smallest absolute Gasteiger partial charge is 0.248 e. The van der Waals surface area contributed by atoms with Gasteiger partial charge in [0, 0.05) is 36.9 Å². The van der Waals surface area contributed by atoms with Crippen molar-refractivity contribution < 1.29 is 26.4 Å². The minimum absolute atomic E-state index is 0.0761. The van der Waals surface area contributed by atoms with Crippen LogP contribution in [0.1, 0.15) is 56.1 Å². The van der Waals surface area contributed by atoms with E-state index in [0.29, 0.717) is 12.0 Å². The summed E-state index contributed by atoms with van der Waals surface area (Å²) >= 11 is 0. The second-order valence-corrected chi connectivity index (χ2v) is 13.0. The molecule has 2 bridgehead atoms. The van der Waals surface area contributed by atoms with Crippen LogP contribution in [0.4, 0.5) is 8.78 Å². The zero-order valence-corrected chi connectivity index (χ0v) is 22.2. The summed E-state index contributed by atoms with van der Waals surface area (Å²) in [5, 5.41) is 0.937. The number of hydrogen-bond donors (Lipinski definition) is 0. The Labute approximate surface area is 221 Å². The second kappa shape index (κ2) is 9.45. The van der Waals surface area contributed by atoms with E-state index in [1.807, 2.05) is 31.2 Å².